The van der Waals surface area contributed by atoms with Crippen LogP contribution in [0.15, 0.2) is 0 Å². The number of hydrogen-bond donors (Lipinski definition) is 3. The Labute approximate surface area is 84.8 Å². The first-order chi connectivity index (χ1) is 6.87. The number of rotatable bonds is 4. The monoisotopic (exact) mass is 217 g/mol. The van der Waals surface area contributed by atoms with Crippen LogP contribution in [0.1, 0.15) is 19.3 Å². The van der Waals surface area contributed by atoms with E-state index in [0.717, 1.165) is 0 Å². The fraction of sp³-hybridized carbons (Fsp3) is 0.625. The molecule has 0 bridgehead atoms. The molecule has 1 fully saturated rings. The first-order valence-electron chi connectivity index (χ1n) is 4.31. The maximum atomic E-state index is 10.9. The lowest BCUT2D eigenvalue weighted by molar-refractivity contribution is -0.171. The summed E-state index contributed by atoms with van der Waals surface area (Å²) in [5.41, 5.74) is 3.44. The lowest BCUT2D eigenvalue weighted by Gasteiger charge is -2.24. The number of ether oxygens (including phenoxy) is 1. The van der Waals surface area contributed by atoms with Crippen LogP contribution >= 0.6 is 0 Å². The number of cyclic esters (lactones) is 1. The van der Waals surface area contributed by atoms with E-state index in [1.54, 1.807) is 0 Å². The second-order valence-electron chi connectivity index (χ2n) is 3.42. The molecule has 0 amide bonds. The molecular formula is C8H11NO6. The van der Waals surface area contributed by atoms with Gasteiger partial charge in [0.2, 0.25) is 5.60 Å². The van der Waals surface area contributed by atoms with Crippen molar-refractivity contribution < 1.29 is 29.3 Å². The second-order valence-corrected chi connectivity index (χ2v) is 3.42. The van der Waals surface area contributed by atoms with Crippen molar-refractivity contribution in [2.75, 3.05) is 0 Å². The molecule has 2 atom stereocenters. The van der Waals surface area contributed by atoms with Crippen LogP contribution in [0, 0.1) is 0 Å². The third-order valence-electron chi connectivity index (χ3n) is 2.30. The fourth-order valence-electron chi connectivity index (χ4n) is 1.45. The highest BCUT2D eigenvalue weighted by molar-refractivity contribution is 5.86. The highest BCUT2D eigenvalue weighted by Crippen LogP contribution is 2.31. The fourth-order valence-corrected chi connectivity index (χ4v) is 1.45. The number of nitrogens with two attached hydrogens (primary N) is 1. The number of esters is 1. The quantitative estimate of drug-likeness (QED) is 0.512. The third kappa shape index (κ3) is 2.24. The van der Waals surface area contributed by atoms with Crippen LogP contribution in [0.5, 0.6) is 0 Å². The predicted octanol–water partition coefficient (Wildman–Crippen LogP) is -1.05. The molecule has 0 aromatic rings. The minimum absolute atomic E-state index is 0.0291. The van der Waals surface area contributed by atoms with Crippen LogP contribution in [-0.2, 0) is 19.1 Å². The molecule has 1 heterocycles. The predicted molar refractivity (Wildman–Crippen MR) is 45.9 cm³/mol. The molecule has 1 aliphatic heterocycles. The van der Waals surface area contributed by atoms with Crippen LogP contribution in [-0.4, -0.2) is 39.8 Å². The minimum atomic E-state index is -1.77. The van der Waals surface area contributed by atoms with Crippen molar-refractivity contribution in [2.45, 2.75) is 30.9 Å². The first kappa shape index (κ1) is 11.4. The standard InChI is InChI=1S/C8H11NO6/c9-4(6(11)12)3-8(7(13)14)2-1-5(10)15-8/h4H,1-3,9H2,(H,11,12)(H,13,14)/t4-,8-/m0/s1. The first-order valence-corrected chi connectivity index (χ1v) is 4.31. The summed E-state index contributed by atoms with van der Waals surface area (Å²) in [6.07, 6.45) is -0.482. The lowest BCUT2D eigenvalue weighted by atomic mass is 9.92. The molecular weight excluding hydrogens is 206 g/mol. The molecule has 1 aliphatic rings. The van der Waals surface area contributed by atoms with Crippen LogP contribution in [0.4, 0.5) is 0 Å². The van der Waals surface area contributed by atoms with Gasteiger partial charge in [0.25, 0.3) is 0 Å². The van der Waals surface area contributed by atoms with E-state index >= 15 is 0 Å². The molecule has 7 nitrogen and oxygen atoms in total. The van der Waals surface area contributed by atoms with Gasteiger partial charge in [-0.05, 0) is 0 Å². The van der Waals surface area contributed by atoms with Gasteiger partial charge in [0, 0.05) is 19.3 Å². The van der Waals surface area contributed by atoms with Gasteiger partial charge in [0.1, 0.15) is 6.04 Å². The minimum Gasteiger partial charge on any atom is -0.480 e. The number of carboxylic acids is 2. The van der Waals surface area contributed by atoms with Gasteiger partial charge in [-0.15, -0.1) is 0 Å². The van der Waals surface area contributed by atoms with E-state index in [-0.39, 0.29) is 12.8 Å². The molecule has 0 aromatic carbocycles. The van der Waals surface area contributed by atoms with Crippen LogP contribution < -0.4 is 5.73 Å². The topological polar surface area (TPSA) is 127 Å². The van der Waals surface area contributed by atoms with E-state index in [1.165, 1.54) is 0 Å². The smallest absolute Gasteiger partial charge is 0.348 e. The SMILES string of the molecule is N[C@@H](C[C@]1(C(=O)O)CCC(=O)O1)C(=O)O. The second kappa shape index (κ2) is 3.85. The average Bonchev–Trinajstić information content (AvgIpc) is 2.48. The number of carbonyl (C=O) groups excluding carboxylic acids is 1. The Hall–Kier alpha value is -1.63. The molecule has 0 radical (unpaired) electrons. The zero-order chi connectivity index (χ0) is 11.6. The van der Waals surface area contributed by atoms with Gasteiger partial charge in [-0.25, -0.2) is 4.79 Å². The summed E-state index contributed by atoms with van der Waals surface area (Å²) in [7, 11) is 0. The van der Waals surface area contributed by atoms with E-state index in [0.29, 0.717) is 0 Å². The van der Waals surface area contributed by atoms with E-state index in [2.05, 4.69) is 4.74 Å². The maximum absolute atomic E-state index is 10.9. The summed E-state index contributed by atoms with van der Waals surface area (Å²) in [4.78, 5) is 32.2. The Balaban J connectivity index is 2.80. The van der Waals surface area contributed by atoms with Crippen molar-refractivity contribution in [3.8, 4) is 0 Å². The number of hydrogen-bond acceptors (Lipinski definition) is 5. The summed E-state index contributed by atoms with van der Waals surface area (Å²) in [6.45, 7) is 0. The molecule has 15 heavy (non-hydrogen) atoms. The molecule has 0 unspecified atom stereocenters. The summed E-state index contributed by atoms with van der Waals surface area (Å²) in [5.74, 6) is -3.32. The van der Waals surface area contributed by atoms with Gasteiger partial charge in [-0.3, -0.25) is 9.59 Å². The summed E-state index contributed by atoms with van der Waals surface area (Å²) < 4.78 is 4.65. The Morgan fingerprint density at radius 2 is 2.13 bits per heavy atom. The molecule has 0 saturated carbocycles. The normalized spacial score (nSPS) is 27.1. The zero-order valence-electron chi connectivity index (χ0n) is 7.80. The molecule has 1 rings (SSSR count). The Morgan fingerprint density at radius 3 is 2.47 bits per heavy atom. The van der Waals surface area contributed by atoms with E-state index in [1.807, 2.05) is 0 Å². The lowest BCUT2D eigenvalue weighted by Crippen LogP contribution is -2.46. The molecule has 0 spiro atoms. The number of carbonyl (C=O) groups is 3. The summed E-state index contributed by atoms with van der Waals surface area (Å²) >= 11 is 0. The van der Waals surface area contributed by atoms with Crippen molar-refractivity contribution in [3.63, 3.8) is 0 Å². The van der Waals surface area contributed by atoms with Gasteiger partial charge in [0.15, 0.2) is 0 Å². The molecule has 7 heteroatoms. The largest absolute Gasteiger partial charge is 0.480 e. The average molecular weight is 217 g/mol. The van der Waals surface area contributed by atoms with Crippen LogP contribution in [0.2, 0.25) is 0 Å². The summed E-state index contributed by atoms with van der Waals surface area (Å²) in [6, 6.07) is -1.35. The van der Waals surface area contributed by atoms with Gasteiger partial charge >= 0.3 is 17.9 Å². The molecule has 1 saturated heterocycles. The molecule has 0 aromatic heterocycles. The van der Waals surface area contributed by atoms with Crippen LogP contribution in [0.25, 0.3) is 0 Å². The van der Waals surface area contributed by atoms with Crippen molar-refractivity contribution in [3.05, 3.63) is 0 Å². The third-order valence-corrected chi connectivity index (χ3v) is 2.30. The Bertz CT molecular complexity index is 314. The Kier molecular flexibility index (Phi) is 2.94. The van der Waals surface area contributed by atoms with Gasteiger partial charge in [-0.1, -0.05) is 0 Å². The molecule has 0 aliphatic carbocycles. The van der Waals surface area contributed by atoms with E-state index < -0.39 is 36.0 Å². The highest BCUT2D eigenvalue weighted by Gasteiger charge is 2.49. The molecule has 4 N–H and O–H groups in total. The Morgan fingerprint density at radius 1 is 1.53 bits per heavy atom. The van der Waals surface area contributed by atoms with Crippen molar-refractivity contribution in [1.29, 1.82) is 0 Å². The van der Waals surface area contributed by atoms with Gasteiger partial charge in [-0.2, -0.15) is 0 Å². The van der Waals surface area contributed by atoms with E-state index in [9.17, 15) is 14.4 Å². The number of carboxylic acid groups (broad SMARTS) is 2. The molecule has 84 valence electrons. The van der Waals surface area contributed by atoms with Crippen molar-refractivity contribution in [2.24, 2.45) is 5.73 Å². The maximum Gasteiger partial charge on any atom is 0.348 e. The van der Waals surface area contributed by atoms with Crippen molar-refractivity contribution >= 4 is 17.9 Å². The van der Waals surface area contributed by atoms with Crippen LogP contribution in [0.3, 0.4) is 0 Å². The van der Waals surface area contributed by atoms with Gasteiger partial charge in [0.05, 0.1) is 0 Å². The van der Waals surface area contributed by atoms with E-state index in [4.69, 9.17) is 15.9 Å². The number of aliphatic carboxylic acids is 2. The zero-order valence-corrected chi connectivity index (χ0v) is 7.80. The van der Waals surface area contributed by atoms with Gasteiger partial charge < -0.3 is 20.7 Å². The highest BCUT2D eigenvalue weighted by atomic mass is 16.6. The summed E-state index contributed by atoms with van der Waals surface area (Å²) in [5, 5.41) is 17.4. The van der Waals surface area contributed by atoms with Crippen molar-refractivity contribution in [1.82, 2.24) is 0 Å².